The molecule has 0 amide bonds. The van der Waals surface area contributed by atoms with Crippen molar-refractivity contribution in [2.45, 2.75) is 19.7 Å². The van der Waals surface area contributed by atoms with Crippen LogP contribution in [0.15, 0.2) is 30.5 Å². The van der Waals surface area contributed by atoms with Gasteiger partial charge in [-0.2, -0.15) is 0 Å². The van der Waals surface area contributed by atoms with Crippen LogP contribution in [0.5, 0.6) is 0 Å². The summed E-state index contributed by atoms with van der Waals surface area (Å²) in [5.41, 5.74) is 2.76. The molecule has 0 radical (unpaired) electrons. The fourth-order valence-corrected chi connectivity index (χ4v) is 4.42. The van der Waals surface area contributed by atoms with E-state index in [0.717, 1.165) is 10.2 Å². The topological polar surface area (TPSA) is 84.8 Å². The zero-order valence-electron chi connectivity index (χ0n) is 16.2. The summed E-state index contributed by atoms with van der Waals surface area (Å²) < 4.78 is 15.4. The average Bonchev–Trinajstić information content (AvgIpc) is 3.10. The lowest BCUT2D eigenvalue weighted by molar-refractivity contribution is 0.0224. The number of pyridine rings is 1. The highest BCUT2D eigenvalue weighted by Crippen LogP contribution is 2.27. The molecule has 1 aliphatic heterocycles. The number of hydrogen-bond acceptors (Lipinski definition) is 8. The molecule has 1 saturated heterocycles. The van der Waals surface area contributed by atoms with Gasteiger partial charge in [-0.15, -0.1) is 0 Å². The van der Waals surface area contributed by atoms with E-state index in [1.165, 1.54) is 23.0 Å². The molecule has 154 valence electrons. The van der Waals surface area contributed by atoms with Crippen LogP contribution in [0.1, 0.15) is 11.1 Å². The molecule has 2 aromatic heterocycles. The number of fused-ring (bicyclic) bond motifs is 1. The summed E-state index contributed by atoms with van der Waals surface area (Å²) >= 11 is 1.51. The van der Waals surface area contributed by atoms with Crippen LogP contribution < -0.4 is 10.2 Å². The number of halogens is 1. The van der Waals surface area contributed by atoms with E-state index < -0.39 is 6.35 Å². The summed E-state index contributed by atoms with van der Waals surface area (Å²) in [7, 11) is 0. The normalized spacial score (nSPS) is 16.3. The molecule has 0 bridgehead atoms. The van der Waals surface area contributed by atoms with Gasteiger partial charge in [0.15, 0.2) is 23.1 Å². The minimum atomic E-state index is -0.858. The monoisotopic (exact) mass is 417 g/mol. The lowest BCUT2D eigenvalue weighted by atomic mass is 10.2. The maximum absolute atomic E-state index is 14.4. The summed E-state index contributed by atoms with van der Waals surface area (Å²) in [6, 6.07) is 7.50. The van der Waals surface area contributed by atoms with Gasteiger partial charge in [-0.1, -0.05) is 17.4 Å². The van der Waals surface area contributed by atoms with Crippen molar-refractivity contribution in [1.82, 2.24) is 14.9 Å². The summed E-state index contributed by atoms with van der Waals surface area (Å²) in [5, 5.41) is 23.3. The maximum Gasteiger partial charge on any atom is 0.186 e. The molecule has 3 aromatic rings. The predicted octanol–water partition coefficient (Wildman–Crippen LogP) is 2.18. The Hall–Kier alpha value is -2.33. The van der Waals surface area contributed by atoms with Crippen molar-refractivity contribution >= 4 is 32.5 Å². The lowest BCUT2D eigenvalue weighted by Crippen LogP contribution is -2.53. The molecule has 0 spiro atoms. The van der Waals surface area contributed by atoms with E-state index in [9.17, 15) is 9.50 Å². The van der Waals surface area contributed by atoms with E-state index in [0.29, 0.717) is 49.1 Å². The Balaban J connectivity index is 1.36. The molecule has 3 N–H and O–H groups in total. The van der Waals surface area contributed by atoms with Crippen molar-refractivity contribution in [3.05, 3.63) is 47.4 Å². The van der Waals surface area contributed by atoms with Gasteiger partial charge >= 0.3 is 0 Å². The fraction of sp³-hybridized carbons (Fsp3) is 0.400. The van der Waals surface area contributed by atoms with E-state index in [4.69, 9.17) is 5.11 Å². The van der Waals surface area contributed by atoms with E-state index in [2.05, 4.69) is 21.4 Å². The number of nitrogens with one attached hydrogen (secondary N) is 1. The molecule has 29 heavy (non-hydrogen) atoms. The zero-order valence-corrected chi connectivity index (χ0v) is 17.0. The van der Waals surface area contributed by atoms with Crippen molar-refractivity contribution in [1.29, 1.82) is 0 Å². The highest BCUT2D eigenvalue weighted by atomic mass is 32.1. The predicted molar refractivity (Wildman–Crippen MR) is 113 cm³/mol. The van der Waals surface area contributed by atoms with Crippen molar-refractivity contribution in [2.24, 2.45) is 0 Å². The van der Waals surface area contributed by atoms with Crippen LogP contribution in [0, 0.1) is 12.7 Å². The zero-order chi connectivity index (χ0) is 20.4. The minimum absolute atomic E-state index is 0.0295. The number of benzene rings is 1. The van der Waals surface area contributed by atoms with E-state index in [-0.39, 0.29) is 12.4 Å². The number of aryl methyl sites for hydroxylation is 1. The van der Waals surface area contributed by atoms with Crippen LogP contribution in [0.4, 0.5) is 15.3 Å². The number of aliphatic hydroxyl groups is 2. The molecule has 0 saturated carbocycles. The van der Waals surface area contributed by atoms with Gasteiger partial charge in [0.1, 0.15) is 0 Å². The second kappa shape index (κ2) is 8.58. The molecule has 0 aliphatic carbocycles. The fourth-order valence-electron chi connectivity index (χ4n) is 3.44. The van der Waals surface area contributed by atoms with Gasteiger partial charge in [0.05, 0.1) is 10.2 Å². The summed E-state index contributed by atoms with van der Waals surface area (Å²) in [6.45, 7) is 4.26. The molecule has 9 heteroatoms. The standard InChI is InChI=1S/C20H24FN5O2S/c1-13-2-3-16-17(10-13)29-19(23-16)24-20(28)26-7-5-25(6-8-26)18-15(21)11-14(4-9-27)12-22-18/h2-3,10-12,20,27-28H,4-9H2,1H3,(H,23,24). The van der Waals surface area contributed by atoms with Crippen LogP contribution in [-0.2, 0) is 6.42 Å². The molecule has 1 atom stereocenters. The van der Waals surface area contributed by atoms with Gasteiger partial charge in [0.25, 0.3) is 0 Å². The summed E-state index contributed by atoms with van der Waals surface area (Å²) in [5.74, 6) is -0.0665. The smallest absolute Gasteiger partial charge is 0.186 e. The number of anilines is 2. The largest absolute Gasteiger partial charge is 0.396 e. The van der Waals surface area contributed by atoms with E-state index in [1.54, 1.807) is 6.20 Å². The highest BCUT2D eigenvalue weighted by molar-refractivity contribution is 7.22. The average molecular weight is 418 g/mol. The Morgan fingerprint density at radius 1 is 1.24 bits per heavy atom. The first-order chi connectivity index (χ1) is 14.0. The van der Waals surface area contributed by atoms with Gasteiger partial charge in [-0.05, 0) is 42.7 Å². The number of piperazine rings is 1. The number of thiazole rings is 1. The highest BCUT2D eigenvalue weighted by Gasteiger charge is 2.25. The van der Waals surface area contributed by atoms with Gasteiger partial charge in [0, 0.05) is 39.0 Å². The molecule has 1 aromatic carbocycles. The lowest BCUT2D eigenvalue weighted by Gasteiger charge is -2.37. The Kier molecular flexibility index (Phi) is 5.91. The summed E-state index contributed by atoms with van der Waals surface area (Å²) in [4.78, 5) is 12.5. The van der Waals surface area contributed by atoms with Crippen molar-refractivity contribution in [2.75, 3.05) is 43.0 Å². The SMILES string of the molecule is Cc1ccc2nc(NC(O)N3CCN(c4ncc(CCO)cc4F)CC3)sc2c1. The molecule has 3 heterocycles. The molecular weight excluding hydrogens is 393 g/mol. The number of rotatable bonds is 6. The number of aromatic nitrogens is 2. The van der Waals surface area contributed by atoms with E-state index >= 15 is 0 Å². The molecule has 1 aliphatic rings. The van der Waals surface area contributed by atoms with Gasteiger partial charge in [-0.25, -0.2) is 14.4 Å². The van der Waals surface area contributed by atoms with E-state index in [1.807, 2.05) is 28.9 Å². The van der Waals surface area contributed by atoms with Crippen molar-refractivity contribution in [3.63, 3.8) is 0 Å². The molecule has 1 unspecified atom stereocenters. The second-order valence-corrected chi connectivity index (χ2v) is 8.18. The number of nitrogens with zero attached hydrogens (tertiary/aromatic N) is 4. The van der Waals surface area contributed by atoms with Crippen LogP contribution in [0.3, 0.4) is 0 Å². The van der Waals surface area contributed by atoms with Gasteiger partial charge in [0.2, 0.25) is 0 Å². The van der Waals surface area contributed by atoms with Crippen molar-refractivity contribution in [3.8, 4) is 0 Å². The maximum atomic E-state index is 14.4. The van der Waals surface area contributed by atoms with Crippen LogP contribution in [-0.4, -0.2) is 64.2 Å². The Bertz CT molecular complexity index is 990. The summed E-state index contributed by atoms with van der Waals surface area (Å²) in [6.07, 6.45) is 1.14. The number of aliphatic hydroxyl groups excluding tert-OH is 2. The third kappa shape index (κ3) is 4.48. The van der Waals surface area contributed by atoms with Gasteiger partial charge < -0.3 is 20.4 Å². The quantitative estimate of drug-likeness (QED) is 0.530. The second-order valence-electron chi connectivity index (χ2n) is 7.15. The Morgan fingerprint density at radius 2 is 2.03 bits per heavy atom. The third-order valence-electron chi connectivity index (χ3n) is 5.04. The first-order valence-corrected chi connectivity index (χ1v) is 10.4. The third-order valence-corrected chi connectivity index (χ3v) is 5.98. The van der Waals surface area contributed by atoms with Crippen LogP contribution in [0.2, 0.25) is 0 Å². The van der Waals surface area contributed by atoms with Crippen LogP contribution >= 0.6 is 11.3 Å². The molecular formula is C20H24FN5O2S. The molecule has 1 fully saturated rings. The van der Waals surface area contributed by atoms with Gasteiger partial charge in [-0.3, -0.25) is 4.90 Å². The Labute approximate surface area is 172 Å². The first kappa shape index (κ1) is 20.0. The Morgan fingerprint density at radius 3 is 2.76 bits per heavy atom. The molecule has 4 rings (SSSR count). The number of hydrogen-bond donors (Lipinski definition) is 3. The van der Waals surface area contributed by atoms with Crippen molar-refractivity contribution < 1.29 is 14.6 Å². The van der Waals surface area contributed by atoms with Crippen LogP contribution in [0.25, 0.3) is 10.2 Å². The minimum Gasteiger partial charge on any atom is -0.396 e. The molecule has 7 nitrogen and oxygen atoms in total. The first-order valence-electron chi connectivity index (χ1n) is 9.59.